The molecule has 7 nitrogen and oxygen atoms in total. The number of nitrogens with one attached hydrogen (secondary N) is 1. The van der Waals surface area contributed by atoms with E-state index in [4.69, 9.17) is 21.7 Å². The van der Waals surface area contributed by atoms with Gasteiger partial charge in [0.15, 0.2) is 16.6 Å². The SMILES string of the molecule is Cc1csc(NC(=O)CCN2C(=O)/C(=C/c3ccc4c(c3)OCO4)SC2=S)n1. The number of ether oxygens (including phenoxy) is 2. The van der Waals surface area contributed by atoms with E-state index in [9.17, 15) is 9.59 Å². The van der Waals surface area contributed by atoms with Crippen LogP contribution in [-0.4, -0.2) is 39.4 Å². The molecule has 0 aliphatic carbocycles. The molecule has 1 N–H and O–H groups in total. The van der Waals surface area contributed by atoms with Crippen molar-refractivity contribution in [2.24, 2.45) is 0 Å². The molecule has 0 unspecified atom stereocenters. The number of amides is 2. The number of fused-ring (bicyclic) bond motifs is 1. The fourth-order valence-corrected chi connectivity index (χ4v) is 4.67. The summed E-state index contributed by atoms with van der Waals surface area (Å²) >= 11 is 7.90. The van der Waals surface area contributed by atoms with Crippen LogP contribution in [0.4, 0.5) is 5.13 Å². The molecule has 1 aromatic heterocycles. The highest BCUT2D eigenvalue weighted by Gasteiger charge is 2.32. The first-order valence-electron chi connectivity index (χ1n) is 8.36. The lowest BCUT2D eigenvalue weighted by Gasteiger charge is -2.13. The summed E-state index contributed by atoms with van der Waals surface area (Å²) in [5.74, 6) is 0.929. The number of carbonyl (C=O) groups is 2. The summed E-state index contributed by atoms with van der Waals surface area (Å²) in [6.07, 6.45) is 1.90. The Balaban J connectivity index is 1.39. The monoisotopic (exact) mass is 433 g/mol. The maximum Gasteiger partial charge on any atom is 0.266 e. The molecule has 2 aliphatic rings. The van der Waals surface area contributed by atoms with Gasteiger partial charge >= 0.3 is 0 Å². The van der Waals surface area contributed by atoms with E-state index >= 15 is 0 Å². The molecule has 28 heavy (non-hydrogen) atoms. The number of carbonyl (C=O) groups excluding carboxylic acids is 2. The molecule has 2 amide bonds. The van der Waals surface area contributed by atoms with Crippen LogP contribution >= 0.6 is 35.3 Å². The maximum atomic E-state index is 12.7. The highest BCUT2D eigenvalue weighted by Crippen LogP contribution is 2.36. The first-order chi connectivity index (χ1) is 13.5. The number of thiazole rings is 1. The number of hydrogen-bond donors (Lipinski definition) is 1. The van der Waals surface area contributed by atoms with E-state index in [0.717, 1.165) is 11.3 Å². The van der Waals surface area contributed by atoms with Gasteiger partial charge in [-0.15, -0.1) is 11.3 Å². The average molecular weight is 434 g/mol. The number of thioether (sulfide) groups is 1. The number of hydrogen-bond acceptors (Lipinski definition) is 8. The maximum absolute atomic E-state index is 12.7. The molecule has 0 spiro atoms. The Kier molecular flexibility index (Phi) is 5.33. The summed E-state index contributed by atoms with van der Waals surface area (Å²) in [6, 6.07) is 5.47. The minimum Gasteiger partial charge on any atom is -0.454 e. The summed E-state index contributed by atoms with van der Waals surface area (Å²) in [5.41, 5.74) is 1.67. The van der Waals surface area contributed by atoms with Crippen molar-refractivity contribution in [2.45, 2.75) is 13.3 Å². The normalized spacial score (nSPS) is 16.9. The predicted octanol–water partition coefficient (Wildman–Crippen LogP) is 3.41. The minimum atomic E-state index is -0.205. The first-order valence-corrected chi connectivity index (χ1v) is 10.5. The Hall–Kier alpha value is -2.43. The Morgan fingerprint density at radius 1 is 1.39 bits per heavy atom. The molecule has 144 valence electrons. The van der Waals surface area contributed by atoms with Gasteiger partial charge in [-0.3, -0.25) is 14.5 Å². The quantitative estimate of drug-likeness (QED) is 0.572. The second-order valence-corrected chi connectivity index (χ2v) is 8.57. The predicted molar refractivity (Wildman–Crippen MR) is 113 cm³/mol. The van der Waals surface area contributed by atoms with E-state index in [0.29, 0.717) is 25.9 Å². The van der Waals surface area contributed by atoms with Gasteiger partial charge in [0.1, 0.15) is 4.32 Å². The highest BCUT2D eigenvalue weighted by molar-refractivity contribution is 8.26. The number of thiocarbonyl (C=S) groups is 1. The van der Waals surface area contributed by atoms with E-state index in [1.807, 2.05) is 24.4 Å². The molecule has 10 heteroatoms. The van der Waals surface area contributed by atoms with Crippen LogP contribution in [-0.2, 0) is 9.59 Å². The second kappa shape index (κ2) is 7.90. The third-order valence-electron chi connectivity index (χ3n) is 4.00. The lowest BCUT2D eigenvalue weighted by molar-refractivity contribution is -0.122. The highest BCUT2D eigenvalue weighted by atomic mass is 32.2. The molecule has 0 saturated carbocycles. The van der Waals surface area contributed by atoms with Crippen LogP contribution in [0.5, 0.6) is 11.5 Å². The van der Waals surface area contributed by atoms with Crippen molar-refractivity contribution in [2.75, 3.05) is 18.7 Å². The van der Waals surface area contributed by atoms with Gasteiger partial charge in [0.25, 0.3) is 5.91 Å². The van der Waals surface area contributed by atoms with Gasteiger partial charge in [0.2, 0.25) is 12.7 Å². The number of rotatable bonds is 5. The lowest BCUT2D eigenvalue weighted by Crippen LogP contribution is -2.31. The smallest absolute Gasteiger partial charge is 0.266 e. The van der Waals surface area contributed by atoms with E-state index in [2.05, 4.69) is 10.3 Å². The number of benzene rings is 1. The zero-order valence-corrected chi connectivity index (χ0v) is 17.2. The number of nitrogens with zero attached hydrogens (tertiary/aromatic N) is 2. The van der Waals surface area contributed by atoms with Crippen molar-refractivity contribution in [3.05, 3.63) is 39.7 Å². The van der Waals surface area contributed by atoms with Gasteiger partial charge in [0.05, 0.1) is 10.6 Å². The minimum absolute atomic E-state index is 0.141. The second-order valence-electron chi connectivity index (χ2n) is 6.04. The van der Waals surface area contributed by atoms with Crippen LogP contribution < -0.4 is 14.8 Å². The number of aromatic nitrogens is 1. The largest absolute Gasteiger partial charge is 0.454 e. The van der Waals surface area contributed by atoms with Crippen LogP contribution in [0.15, 0.2) is 28.5 Å². The molecular weight excluding hydrogens is 418 g/mol. The summed E-state index contributed by atoms with van der Waals surface area (Å²) in [6.45, 7) is 2.28. The van der Waals surface area contributed by atoms with Crippen LogP contribution in [0, 0.1) is 6.92 Å². The lowest BCUT2D eigenvalue weighted by atomic mass is 10.2. The van der Waals surface area contributed by atoms with Crippen molar-refractivity contribution in [1.29, 1.82) is 0 Å². The number of aryl methyl sites for hydroxylation is 1. The van der Waals surface area contributed by atoms with Gasteiger partial charge in [-0.25, -0.2) is 4.98 Å². The molecule has 3 heterocycles. The molecule has 1 fully saturated rings. The molecule has 1 saturated heterocycles. The van der Waals surface area contributed by atoms with Gasteiger partial charge in [-0.2, -0.15) is 0 Å². The molecule has 2 aromatic rings. The Labute approximate surface area is 174 Å². The molecule has 1 aromatic carbocycles. The summed E-state index contributed by atoms with van der Waals surface area (Å²) < 4.78 is 11.1. The number of anilines is 1. The third-order valence-corrected chi connectivity index (χ3v) is 6.25. The van der Waals surface area contributed by atoms with Crippen LogP contribution in [0.2, 0.25) is 0 Å². The van der Waals surface area contributed by atoms with Crippen LogP contribution in [0.25, 0.3) is 6.08 Å². The van der Waals surface area contributed by atoms with Crippen LogP contribution in [0.3, 0.4) is 0 Å². The molecule has 0 atom stereocenters. The Bertz CT molecular complexity index is 1000. The van der Waals surface area contributed by atoms with Gasteiger partial charge in [-0.1, -0.05) is 30.0 Å². The summed E-state index contributed by atoms with van der Waals surface area (Å²) in [4.78, 5) is 30.9. The summed E-state index contributed by atoms with van der Waals surface area (Å²) in [5, 5.41) is 5.14. The first kappa shape index (κ1) is 18.9. The van der Waals surface area contributed by atoms with E-state index in [1.165, 1.54) is 28.0 Å². The molecular formula is C18H15N3O4S3. The fourth-order valence-electron chi connectivity index (χ4n) is 2.65. The zero-order valence-electron chi connectivity index (χ0n) is 14.8. The molecule has 4 rings (SSSR count). The van der Waals surface area contributed by atoms with Crippen molar-refractivity contribution in [3.8, 4) is 11.5 Å². The topological polar surface area (TPSA) is 80.8 Å². The van der Waals surface area contributed by atoms with Crippen molar-refractivity contribution < 1.29 is 19.1 Å². The summed E-state index contributed by atoms with van der Waals surface area (Å²) in [7, 11) is 0. The van der Waals surface area contributed by atoms with E-state index < -0.39 is 0 Å². The van der Waals surface area contributed by atoms with Crippen molar-refractivity contribution in [1.82, 2.24) is 9.88 Å². The zero-order chi connectivity index (χ0) is 19.7. The van der Waals surface area contributed by atoms with Gasteiger partial charge in [-0.05, 0) is 30.7 Å². The molecule has 0 radical (unpaired) electrons. The molecule has 2 aliphatic heterocycles. The average Bonchev–Trinajstić information content (AvgIpc) is 3.34. The third kappa shape index (κ3) is 4.03. The Morgan fingerprint density at radius 2 is 2.21 bits per heavy atom. The standard InChI is InChI=1S/C18H15N3O4S3/c1-10-8-27-17(19-10)20-15(22)4-5-21-16(23)14(28-18(21)26)7-11-2-3-12-13(6-11)25-9-24-12/h2-3,6-8H,4-5,9H2,1H3,(H,19,20,22)/b14-7-. The van der Waals surface area contributed by atoms with E-state index in [1.54, 1.807) is 12.1 Å². The van der Waals surface area contributed by atoms with Crippen molar-refractivity contribution in [3.63, 3.8) is 0 Å². The molecule has 0 bridgehead atoms. The fraction of sp³-hybridized carbons (Fsp3) is 0.222. The van der Waals surface area contributed by atoms with Gasteiger partial charge in [0, 0.05) is 18.3 Å². The van der Waals surface area contributed by atoms with E-state index in [-0.39, 0.29) is 31.6 Å². The Morgan fingerprint density at radius 3 is 3.00 bits per heavy atom. The van der Waals surface area contributed by atoms with Gasteiger partial charge < -0.3 is 14.8 Å². The van der Waals surface area contributed by atoms with Crippen LogP contribution in [0.1, 0.15) is 17.7 Å². The van der Waals surface area contributed by atoms with Crippen molar-refractivity contribution >= 4 is 62.7 Å².